The van der Waals surface area contributed by atoms with Crippen LogP contribution in [-0.2, 0) is 42.6 Å². The second-order valence-electron chi connectivity index (χ2n) is 16.3. The Balaban J connectivity index is 1.14. The zero-order chi connectivity index (χ0) is 42.3. The maximum atomic E-state index is 7.65. The Morgan fingerprint density at radius 3 is 1.13 bits per heavy atom. The van der Waals surface area contributed by atoms with Crippen molar-refractivity contribution in [2.45, 2.75) is 37.9 Å². The van der Waals surface area contributed by atoms with Crippen molar-refractivity contribution in [3.8, 4) is 0 Å². The van der Waals surface area contributed by atoms with Crippen LogP contribution in [0.25, 0.3) is 0 Å². The van der Waals surface area contributed by atoms with E-state index in [-0.39, 0.29) is 0 Å². The Morgan fingerprint density at radius 1 is 0.333 bits per heavy atom. The summed E-state index contributed by atoms with van der Waals surface area (Å²) in [6.45, 7) is 0.459. The van der Waals surface area contributed by atoms with Crippen molar-refractivity contribution in [3.05, 3.63) is 287 Å². The fourth-order valence-corrected chi connectivity index (χ4v) is 14.5. The van der Waals surface area contributed by atoms with Gasteiger partial charge in [-0.1, -0.05) is 237 Å². The van der Waals surface area contributed by atoms with Crippen LogP contribution in [-0.4, -0.2) is 0 Å². The standard InChI is InChI=1S/C60H50OP2/c1-8-22-51(23-9-1)60(52-24-10-2-11-25-52,53-26-12-3-13-27-53)61-45-50-43-49-39-37-46-36-38-47(58(42-46)62(54-28-14-4-15-29-54)55-30-16-5-17-31-55)40-41-48(50)44-59(49)63(56-32-18-6-19-33-56)57-34-20-7-21-35-57/h1-36,38,42-44H,37,39-41,45H2. The zero-order valence-corrected chi connectivity index (χ0v) is 37.2. The van der Waals surface area contributed by atoms with E-state index in [9.17, 15) is 0 Å². The molecule has 9 aromatic rings. The summed E-state index contributed by atoms with van der Waals surface area (Å²) in [5.74, 6) is 0. The fraction of sp³-hybridized carbons (Fsp3) is 0.100. The number of hydrogen-bond donors (Lipinski definition) is 0. The largest absolute Gasteiger partial charge is 0.356 e. The number of aryl methyl sites for hydroxylation is 4. The molecule has 0 aromatic heterocycles. The van der Waals surface area contributed by atoms with Crippen LogP contribution >= 0.6 is 15.8 Å². The van der Waals surface area contributed by atoms with Crippen LogP contribution in [0.3, 0.4) is 0 Å². The van der Waals surface area contributed by atoms with E-state index >= 15 is 0 Å². The monoisotopic (exact) mass is 848 g/mol. The topological polar surface area (TPSA) is 9.23 Å². The molecule has 4 aliphatic rings. The van der Waals surface area contributed by atoms with Gasteiger partial charge >= 0.3 is 0 Å². The summed E-state index contributed by atoms with van der Waals surface area (Å²) in [6, 6.07) is 89.7. The first kappa shape index (κ1) is 40.8. The zero-order valence-electron chi connectivity index (χ0n) is 35.4. The van der Waals surface area contributed by atoms with Crippen LogP contribution in [0.4, 0.5) is 0 Å². The maximum absolute atomic E-state index is 7.65. The molecule has 0 saturated heterocycles. The van der Waals surface area contributed by atoms with Gasteiger partial charge in [0.2, 0.25) is 0 Å². The predicted molar refractivity (Wildman–Crippen MR) is 269 cm³/mol. The van der Waals surface area contributed by atoms with Gasteiger partial charge in [-0.2, -0.15) is 0 Å². The van der Waals surface area contributed by atoms with Crippen molar-refractivity contribution in [3.63, 3.8) is 0 Å². The molecule has 4 aliphatic carbocycles. The van der Waals surface area contributed by atoms with Gasteiger partial charge in [0.05, 0.1) is 6.61 Å². The lowest BCUT2D eigenvalue weighted by Gasteiger charge is -2.36. The molecule has 1 nitrogen and oxygen atoms in total. The van der Waals surface area contributed by atoms with Gasteiger partial charge in [0.1, 0.15) is 5.60 Å². The van der Waals surface area contributed by atoms with E-state index in [1.807, 2.05) is 0 Å². The molecule has 306 valence electrons. The third kappa shape index (κ3) is 8.63. The van der Waals surface area contributed by atoms with Gasteiger partial charge in [-0.25, -0.2) is 0 Å². The first-order valence-corrected chi connectivity index (χ1v) is 24.8. The highest BCUT2D eigenvalue weighted by molar-refractivity contribution is 7.80. The minimum Gasteiger partial charge on any atom is -0.356 e. The fourth-order valence-electron chi connectivity index (χ4n) is 9.35. The highest BCUT2D eigenvalue weighted by Crippen LogP contribution is 2.43. The van der Waals surface area contributed by atoms with Crippen molar-refractivity contribution >= 4 is 47.7 Å². The number of benzene rings is 9. The van der Waals surface area contributed by atoms with E-state index in [0.29, 0.717) is 6.61 Å². The molecule has 63 heavy (non-hydrogen) atoms. The SMILES string of the molecule is c1ccc(P(c2ccccc2)c2cc3c(COC(c4ccccc4)(c4ccccc4)c4ccccc4)cc2CCc2ccc(c(P(c4ccccc4)c4ccccc4)c2)CC3)cc1. The molecule has 0 atom stereocenters. The van der Waals surface area contributed by atoms with Gasteiger partial charge in [0.25, 0.3) is 0 Å². The molecule has 0 radical (unpaired) electrons. The summed E-state index contributed by atoms with van der Waals surface area (Å²) in [5, 5.41) is 8.45. The Bertz CT molecular complexity index is 2690. The third-order valence-electron chi connectivity index (χ3n) is 12.4. The van der Waals surface area contributed by atoms with Crippen LogP contribution in [0.15, 0.2) is 243 Å². The number of ether oxygens (including phenoxy) is 1. The van der Waals surface area contributed by atoms with Crippen molar-refractivity contribution < 1.29 is 4.74 Å². The Kier molecular flexibility index (Phi) is 12.3. The van der Waals surface area contributed by atoms with Crippen LogP contribution in [0.5, 0.6) is 0 Å². The summed E-state index contributed by atoms with van der Waals surface area (Å²) in [5.41, 5.74) is 9.37. The first-order chi connectivity index (χ1) is 31.2. The molecule has 0 aliphatic heterocycles. The van der Waals surface area contributed by atoms with Crippen LogP contribution < -0.4 is 31.8 Å². The van der Waals surface area contributed by atoms with Crippen LogP contribution in [0, 0.1) is 0 Å². The van der Waals surface area contributed by atoms with Crippen molar-refractivity contribution in [1.29, 1.82) is 0 Å². The molecular formula is C60H50OP2. The predicted octanol–water partition coefficient (Wildman–Crippen LogP) is 11.6. The highest BCUT2D eigenvalue weighted by atomic mass is 31.1. The van der Waals surface area contributed by atoms with Gasteiger partial charge in [0, 0.05) is 0 Å². The normalized spacial score (nSPS) is 12.6. The molecule has 0 N–H and O–H groups in total. The smallest absolute Gasteiger partial charge is 0.144 e. The Labute approximate surface area is 375 Å². The minimum atomic E-state index is -0.824. The minimum absolute atomic E-state index is 0.459. The Hall–Kier alpha value is -6.20. The Morgan fingerprint density at radius 2 is 0.698 bits per heavy atom. The van der Waals surface area contributed by atoms with Gasteiger partial charge in [-0.3, -0.25) is 0 Å². The molecule has 0 saturated carbocycles. The summed E-state index contributed by atoms with van der Waals surface area (Å²) in [4.78, 5) is 0. The lowest BCUT2D eigenvalue weighted by atomic mass is 9.80. The van der Waals surface area contributed by atoms with Crippen molar-refractivity contribution in [2.24, 2.45) is 0 Å². The molecular weight excluding hydrogens is 799 g/mol. The molecule has 9 aromatic carbocycles. The molecule has 0 fully saturated rings. The highest BCUT2D eigenvalue weighted by Gasteiger charge is 2.38. The van der Waals surface area contributed by atoms with E-state index < -0.39 is 21.4 Å². The van der Waals surface area contributed by atoms with Crippen molar-refractivity contribution in [1.82, 2.24) is 0 Å². The third-order valence-corrected chi connectivity index (χ3v) is 17.5. The quantitative estimate of drug-likeness (QED) is 0.0879. The molecule has 0 unspecified atom stereocenters. The molecule has 0 spiro atoms. The molecule has 4 bridgehead atoms. The van der Waals surface area contributed by atoms with Crippen LogP contribution in [0.2, 0.25) is 0 Å². The summed E-state index contributed by atoms with van der Waals surface area (Å²) < 4.78 is 7.65. The van der Waals surface area contributed by atoms with E-state index in [4.69, 9.17) is 4.74 Å². The lowest BCUT2D eigenvalue weighted by Crippen LogP contribution is -2.33. The molecule has 3 heteroatoms. The van der Waals surface area contributed by atoms with E-state index in [2.05, 4.69) is 243 Å². The van der Waals surface area contributed by atoms with E-state index in [1.54, 1.807) is 0 Å². The summed E-state index contributed by atoms with van der Waals surface area (Å²) in [6.07, 6.45) is 3.69. The summed E-state index contributed by atoms with van der Waals surface area (Å²) in [7, 11) is -1.59. The van der Waals surface area contributed by atoms with Crippen LogP contribution in [0.1, 0.15) is 44.5 Å². The van der Waals surface area contributed by atoms with E-state index in [1.165, 1.54) is 59.6 Å². The second-order valence-corrected chi connectivity index (χ2v) is 20.7. The summed E-state index contributed by atoms with van der Waals surface area (Å²) >= 11 is 0. The van der Waals surface area contributed by atoms with Gasteiger partial charge in [0.15, 0.2) is 0 Å². The van der Waals surface area contributed by atoms with Gasteiger partial charge in [-0.15, -0.1) is 0 Å². The molecule has 13 rings (SSSR count). The molecule has 0 amide bonds. The molecule has 0 heterocycles. The average molecular weight is 849 g/mol. The second kappa shape index (κ2) is 19.0. The number of rotatable bonds is 12. The van der Waals surface area contributed by atoms with E-state index in [0.717, 1.165) is 42.4 Å². The lowest BCUT2D eigenvalue weighted by molar-refractivity contribution is -0.0000956. The van der Waals surface area contributed by atoms with Gasteiger partial charge < -0.3 is 4.74 Å². The first-order valence-electron chi connectivity index (χ1n) is 22.1. The van der Waals surface area contributed by atoms with Crippen molar-refractivity contribution in [2.75, 3.05) is 0 Å². The average Bonchev–Trinajstić information content (AvgIpc) is 3.36. The maximum Gasteiger partial charge on any atom is 0.144 e. The van der Waals surface area contributed by atoms with Gasteiger partial charge in [-0.05, 0) is 124 Å². The number of hydrogen-bond acceptors (Lipinski definition) is 1.